The number of H-pyrrole nitrogens is 1. The summed E-state index contributed by atoms with van der Waals surface area (Å²) in [7, 11) is -9.73. The molecule has 72 heavy (non-hydrogen) atoms. The molecule has 1 aromatic heterocycles. The minimum atomic E-state index is -4.88. The molecule has 0 spiro atoms. The average molecular weight is 1050 g/mol. The van der Waals surface area contributed by atoms with E-state index in [9.17, 15) is 42.7 Å². The Balaban J connectivity index is 1.21. The molecule has 5 heterocycles. The highest BCUT2D eigenvalue weighted by Crippen LogP contribution is 2.50. The smallest absolute Gasteiger partial charge is 0.453 e. The molecule has 2 amide bonds. The van der Waals surface area contributed by atoms with Crippen LogP contribution in [-0.4, -0.2) is 125 Å². The number of para-hydroxylation sites is 2. The molecule has 2 aromatic carbocycles. The molecular formula is C43H48F2N6O19P2. The normalized spacial score (nSPS) is 34.5. The molecule has 3 saturated heterocycles. The molecule has 25 nitrogen and oxygen atoms in total. The van der Waals surface area contributed by atoms with Crippen LogP contribution in [0, 0.1) is 0 Å². The van der Waals surface area contributed by atoms with Gasteiger partial charge in [-0.3, -0.25) is 37.9 Å². The molecule has 0 aliphatic carbocycles. The quantitative estimate of drug-likeness (QED) is 0.157. The van der Waals surface area contributed by atoms with Gasteiger partial charge in [0, 0.05) is 24.2 Å². The van der Waals surface area contributed by atoms with E-state index in [1.165, 1.54) is 54.6 Å². The van der Waals surface area contributed by atoms with Crippen LogP contribution in [0.4, 0.5) is 13.6 Å². The van der Waals surface area contributed by atoms with Crippen LogP contribution in [0.5, 0.6) is 11.5 Å². The van der Waals surface area contributed by atoms with E-state index in [1.807, 2.05) is 4.98 Å². The number of cyclic esters (lactones) is 2. The topological polar surface area (TPSA) is 306 Å². The van der Waals surface area contributed by atoms with Gasteiger partial charge >= 0.3 is 51.1 Å². The summed E-state index contributed by atoms with van der Waals surface area (Å²) in [5, 5.41) is 7.07. The van der Waals surface area contributed by atoms with Crippen molar-refractivity contribution in [1.82, 2.24) is 29.9 Å². The van der Waals surface area contributed by atoms with Crippen molar-refractivity contribution in [2.24, 2.45) is 0 Å². The second-order valence-corrected chi connectivity index (χ2v) is 20.1. The third-order valence-electron chi connectivity index (χ3n) is 11.0. The van der Waals surface area contributed by atoms with Gasteiger partial charge in [-0.05, 0) is 58.0 Å². The molecule has 7 rings (SSSR count). The summed E-state index contributed by atoms with van der Waals surface area (Å²) in [6.45, 7) is 3.26. The van der Waals surface area contributed by atoms with Gasteiger partial charge in [0.05, 0.1) is 13.2 Å². The first-order valence-electron chi connectivity index (χ1n) is 21.7. The average Bonchev–Trinajstić information content (AvgIpc) is 3.71. The van der Waals surface area contributed by atoms with E-state index in [0.717, 1.165) is 51.1 Å². The van der Waals surface area contributed by atoms with E-state index in [0.29, 0.717) is 4.57 Å². The molecular weight excluding hydrogens is 1000 g/mol. The van der Waals surface area contributed by atoms with Gasteiger partial charge in [-0.25, -0.2) is 37.1 Å². The van der Waals surface area contributed by atoms with Crippen LogP contribution in [0.15, 0.2) is 107 Å². The number of fused-ring (bicyclic) bond motifs is 2. The maximum atomic E-state index is 17.1. The number of carbonyl (C=O) groups excluding carboxylic acids is 5. The number of aromatic amines is 1. The Bertz CT molecular complexity index is 2800. The summed E-state index contributed by atoms with van der Waals surface area (Å²) in [6.07, 6.45) is -8.10. The van der Waals surface area contributed by atoms with Crippen molar-refractivity contribution in [2.75, 3.05) is 26.4 Å². The number of allylic oxidation sites excluding steroid dienone is 1. The first-order valence-corrected chi connectivity index (χ1v) is 24.8. The number of hydrogen-bond acceptors (Lipinski definition) is 19. The monoisotopic (exact) mass is 1050 g/mol. The minimum absolute atomic E-state index is 0.0768. The Hall–Kier alpha value is -6.57. The van der Waals surface area contributed by atoms with Gasteiger partial charge in [-0.2, -0.15) is 10.2 Å². The molecule has 29 heteroatoms. The third-order valence-corrected chi connectivity index (χ3v) is 14.3. The minimum Gasteiger partial charge on any atom is -0.453 e. The van der Waals surface area contributed by atoms with Gasteiger partial charge in [0.1, 0.15) is 35.8 Å². The number of nitrogens with zero attached hydrogens (tertiary/aromatic N) is 2. The Morgan fingerprint density at radius 2 is 1.15 bits per heavy atom. The molecule has 0 saturated carbocycles. The fourth-order valence-corrected chi connectivity index (χ4v) is 10.5. The summed E-state index contributed by atoms with van der Waals surface area (Å²) in [5.41, 5.74) is -7.53. The number of carbonyl (C=O) groups is 5. The van der Waals surface area contributed by atoms with E-state index in [1.54, 1.807) is 12.1 Å². The van der Waals surface area contributed by atoms with Crippen LogP contribution in [0.2, 0.25) is 0 Å². The summed E-state index contributed by atoms with van der Waals surface area (Å²) in [4.78, 5) is 94.3. The molecule has 3 aromatic rings. The molecule has 12 atom stereocenters. The predicted molar refractivity (Wildman–Crippen MR) is 240 cm³/mol. The summed E-state index contributed by atoms with van der Waals surface area (Å²) in [5.74, 6) is -5.54. The highest BCUT2D eigenvalue weighted by Gasteiger charge is 2.61. The van der Waals surface area contributed by atoms with E-state index in [2.05, 4.69) is 22.1 Å². The van der Waals surface area contributed by atoms with Crippen molar-refractivity contribution in [1.29, 1.82) is 0 Å². The Morgan fingerprint density at radius 1 is 0.694 bits per heavy atom. The molecule has 4 aliphatic heterocycles. The van der Waals surface area contributed by atoms with Crippen LogP contribution in [-0.2, 0) is 65.8 Å². The van der Waals surface area contributed by atoms with Crippen molar-refractivity contribution in [3.8, 4) is 11.5 Å². The van der Waals surface area contributed by atoms with Gasteiger partial charge < -0.3 is 42.8 Å². The van der Waals surface area contributed by atoms with Gasteiger partial charge in [-0.1, -0.05) is 43.0 Å². The molecule has 0 unspecified atom stereocenters. The summed E-state index contributed by atoms with van der Waals surface area (Å²) in [6, 6.07) is 11.3. The van der Waals surface area contributed by atoms with Crippen molar-refractivity contribution in [3.63, 3.8) is 0 Å². The lowest BCUT2D eigenvalue weighted by Crippen LogP contribution is -2.54. The zero-order chi connectivity index (χ0) is 52.2. The second kappa shape index (κ2) is 21.6. The maximum Gasteiger partial charge on any atom is 0.459 e. The van der Waals surface area contributed by atoms with E-state index in [4.69, 9.17) is 46.5 Å². The van der Waals surface area contributed by atoms with Crippen LogP contribution in [0.25, 0.3) is 0 Å². The zero-order valence-electron chi connectivity index (χ0n) is 38.5. The highest BCUT2D eigenvalue weighted by molar-refractivity contribution is 7.52. The van der Waals surface area contributed by atoms with Crippen LogP contribution in [0.1, 0.15) is 33.9 Å². The Kier molecular flexibility index (Phi) is 16.0. The molecule has 4 N–H and O–H groups in total. The standard InChI is InChI=1S/C43H48F2N6O19P2/c1-24-16-18-50(40(57)46-24)38-42(4,44)34-29(65-38)20-63-71(59,69-27-12-8-6-9-13-27)48-25(2)37(56)62-23-33(54)68-35-30(66-39(43(35,5)45)51-19-17-31(52)47-41(51)58)21-64-72(60,70-28-14-10-7-11-15-28)49-26(3)36(55)61-22-32(53)67-34/h6-19,25-26,29-30,34-35,38-39H,1,20-23H2,2-5H3,(H,46,57)(H,48,59)(H,49,60)(H,47,52,58)/t25-,26+,29-,30-,34-,35-,38-,39-,42-,43-,71+,72+/m1/s1. The van der Waals surface area contributed by atoms with Gasteiger partial charge in [0.2, 0.25) is 0 Å². The number of hydrogen-bond donors (Lipinski definition) is 4. The van der Waals surface area contributed by atoms with Crippen LogP contribution >= 0.6 is 15.5 Å². The molecule has 0 bridgehead atoms. The summed E-state index contributed by atoms with van der Waals surface area (Å²) < 4.78 is 120. The maximum absolute atomic E-state index is 17.1. The number of halogens is 2. The van der Waals surface area contributed by atoms with Crippen molar-refractivity contribution >= 4 is 45.4 Å². The Morgan fingerprint density at radius 3 is 1.61 bits per heavy atom. The fourth-order valence-electron chi connectivity index (χ4n) is 7.54. The number of nitrogens with one attached hydrogen (secondary N) is 4. The molecule has 4 aliphatic rings. The number of esters is 4. The van der Waals surface area contributed by atoms with Crippen molar-refractivity contribution in [2.45, 2.75) is 88.0 Å². The van der Waals surface area contributed by atoms with E-state index < -0.39 is 143 Å². The van der Waals surface area contributed by atoms with Crippen LogP contribution in [0.3, 0.4) is 0 Å². The molecule has 3 fully saturated rings. The van der Waals surface area contributed by atoms with Crippen molar-refractivity contribution < 1.29 is 88.4 Å². The summed E-state index contributed by atoms with van der Waals surface area (Å²) >= 11 is 0. The second-order valence-electron chi connectivity index (χ2n) is 16.7. The van der Waals surface area contributed by atoms with E-state index in [-0.39, 0.29) is 17.2 Å². The lowest BCUT2D eigenvalue weighted by Gasteiger charge is -2.34. The number of benzene rings is 2. The molecule has 0 radical (unpaired) electrons. The highest BCUT2D eigenvalue weighted by atomic mass is 31.2. The largest absolute Gasteiger partial charge is 0.459 e. The predicted octanol–water partition coefficient (Wildman–Crippen LogP) is 2.96. The van der Waals surface area contributed by atoms with Crippen LogP contribution < -0.4 is 35.8 Å². The first kappa shape index (κ1) is 53.2. The number of rotatable bonds is 6. The first-order chi connectivity index (χ1) is 34.0. The molecule has 388 valence electrons. The number of amides is 2. The fraction of sp³-hybridized carbons (Fsp3) is 0.419. The lowest BCUT2D eigenvalue weighted by molar-refractivity contribution is -0.169. The van der Waals surface area contributed by atoms with E-state index >= 15 is 8.78 Å². The lowest BCUT2D eigenvalue weighted by atomic mass is 9.97. The number of ether oxygens (including phenoxy) is 6. The number of alkyl halides is 2. The van der Waals surface area contributed by atoms with Gasteiger partial charge in [-0.15, -0.1) is 0 Å². The number of aromatic nitrogens is 2. The van der Waals surface area contributed by atoms with Gasteiger partial charge in [0.25, 0.3) is 5.56 Å². The number of urea groups is 1. The van der Waals surface area contributed by atoms with Gasteiger partial charge in [0.15, 0.2) is 49.2 Å². The zero-order valence-corrected chi connectivity index (χ0v) is 40.3. The van der Waals surface area contributed by atoms with Crippen molar-refractivity contribution in [3.05, 3.63) is 118 Å². The SMILES string of the molecule is C=C1C=CN([C@@H]2O[C@@H]3CO[P@](=O)(Oc4ccccc4)N[C@H](C)C(=O)OCC(=O)O[C@@H]4[C@@H](CO[P@](=O)(Oc5ccccc5)N[C@@H](C)C(=O)OCC(=O)O[C@H]3[C@@]2(C)F)O[C@@H](n2ccc(=O)[nH]c2=O)[C@]4(C)F)C(=O)N1. The third kappa shape index (κ3) is 12.4. The Labute approximate surface area is 407 Å².